The van der Waals surface area contributed by atoms with Gasteiger partial charge >= 0.3 is 0 Å². The van der Waals surface area contributed by atoms with Crippen molar-refractivity contribution < 1.29 is 14.6 Å². The van der Waals surface area contributed by atoms with E-state index in [1.807, 2.05) is 37.3 Å². The van der Waals surface area contributed by atoms with Crippen molar-refractivity contribution in [3.63, 3.8) is 0 Å². The summed E-state index contributed by atoms with van der Waals surface area (Å²) in [7, 11) is 0. The van der Waals surface area contributed by atoms with Gasteiger partial charge in [-0.15, -0.1) is 0 Å². The minimum absolute atomic E-state index is 0.0206. The van der Waals surface area contributed by atoms with Crippen molar-refractivity contribution in [2.45, 2.75) is 99.0 Å². The highest BCUT2D eigenvalue weighted by Gasteiger charge is 2.22. The molecule has 4 nitrogen and oxygen atoms in total. The molecule has 2 aromatic rings. The largest absolute Gasteiger partial charge is 0.507 e. The zero-order valence-corrected chi connectivity index (χ0v) is 22.0. The number of phenols is 1. The van der Waals surface area contributed by atoms with Crippen molar-refractivity contribution in [3.05, 3.63) is 52.6 Å². The van der Waals surface area contributed by atoms with Crippen LogP contribution in [0.3, 0.4) is 0 Å². The van der Waals surface area contributed by atoms with Crippen molar-refractivity contribution in [2.75, 3.05) is 5.32 Å². The number of carbonyl (C=O) groups excluding carboxylic acids is 1. The second-order valence-electron chi connectivity index (χ2n) is 11.1. The van der Waals surface area contributed by atoms with Crippen molar-refractivity contribution in [2.24, 2.45) is 5.92 Å². The molecule has 0 fully saturated rings. The molecule has 33 heavy (non-hydrogen) atoms. The molecule has 2 rings (SSSR count). The number of benzene rings is 2. The van der Waals surface area contributed by atoms with Gasteiger partial charge in [0.15, 0.2) is 0 Å². The van der Waals surface area contributed by atoms with Crippen molar-refractivity contribution >= 4 is 11.6 Å². The van der Waals surface area contributed by atoms with Crippen LogP contribution in [0.2, 0.25) is 0 Å². The molecule has 0 aliphatic heterocycles. The van der Waals surface area contributed by atoms with Crippen LogP contribution >= 0.6 is 0 Å². The van der Waals surface area contributed by atoms with E-state index in [0.717, 1.165) is 40.1 Å². The molecule has 2 aromatic carbocycles. The van der Waals surface area contributed by atoms with Crippen LogP contribution in [0.25, 0.3) is 0 Å². The van der Waals surface area contributed by atoms with Gasteiger partial charge in [0.1, 0.15) is 11.5 Å². The Labute approximate surface area is 200 Å². The number of aromatic hydroxyl groups is 1. The number of hydrogen-bond acceptors (Lipinski definition) is 3. The third-order valence-electron chi connectivity index (χ3n) is 5.86. The Bertz CT molecular complexity index is 954. The average molecular weight is 454 g/mol. The van der Waals surface area contributed by atoms with E-state index in [4.69, 9.17) is 4.74 Å². The smallest absolute Gasteiger partial charge is 0.224 e. The van der Waals surface area contributed by atoms with Crippen LogP contribution in [0.4, 0.5) is 5.69 Å². The van der Waals surface area contributed by atoms with Gasteiger partial charge in [0.2, 0.25) is 5.91 Å². The normalized spacial score (nSPS) is 12.8. The highest BCUT2D eigenvalue weighted by Crippen LogP contribution is 2.37. The second kappa shape index (κ2) is 11.1. The Morgan fingerprint density at radius 1 is 1.06 bits per heavy atom. The van der Waals surface area contributed by atoms with Crippen LogP contribution in [0.1, 0.15) is 96.4 Å². The van der Waals surface area contributed by atoms with Crippen molar-refractivity contribution in [1.29, 1.82) is 0 Å². The zero-order valence-electron chi connectivity index (χ0n) is 22.0. The van der Waals surface area contributed by atoms with Gasteiger partial charge in [-0.05, 0) is 84.4 Å². The van der Waals surface area contributed by atoms with Gasteiger partial charge in [-0.25, -0.2) is 0 Å². The van der Waals surface area contributed by atoms with E-state index in [9.17, 15) is 9.90 Å². The van der Waals surface area contributed by atoms with Crippen LogP contribution in [0.5, 0.6) is 11.5 Å². The minimum atomic E-state index is -0.167. The summed E-state index contributed by atoms with van der Waals surface area (Å²) < 4.78 is 6.07. The van der Waals surface area contributed by atoms with Crippen LogP contribution in [-0.4, -0.2) is 17.1 Å². The van der Waals surface area contributed by atoms with Crippen LogP contribution < -0.4 is 10.1 Å². The quantitative estimate of drug-likeness (QED) is 0.413. The third kappa shape index (κ3) is 7.80. The molecule has 2 N–H and O–H groups in total. The molecular formula is C29H43NO3. The van der Waals surface area contributed by atoms with Gasteiger partial charge < -0.3 is 15.2 Å². The Morgan fingerprint density at radius 3 is 2.27 bits per heavy atom. The molecule has 0 aromatic heterocycles. The Hall–Kier alpha value is -2.49. The molecule has 182 valence electrons. The number of phenolic OH excluding ortho intramolecular Hbond substituents is 1. The topological polar surface area (TPSA) is 58.6 Å². The first-order valence-electron chi connectivity index (χ1n) is 12.2. The molecule has 1 unspecified atom stereocenters. The van der Waals surface area contributed by atoms with E-state index in [1.54, 1.807) is 0 Å². The number of hydrogen-bond donors (Lipinski definition) is 2. The number of aryl methyl sites for hydroxylation is 2. The molecule has 0 aliphatic carbocycles. The van der Waals surface area contributed by atoms with Crippen LogP contribution in [-0.2, 0) is 16.6 Å². The van der Waals surface area contributed by atoms with E-state index in [0.29, 0.717) is 24.5 Å². The van der Waals surface area contributed by atoms with Gasteiger partial charge in [0.05, 0.1) is 6.10 Å². The Kier molecular flexibility index (Phi) is 8.99. The van der Waals surface area contributed by atoms with Crippen molar-refractivity contribution in [1.82, 2.24) is 0 Å². The highest BCUT2D eigenvalue weighted by atomic mass is 16.5. The summed E-state index contributed by atoms with van der Waals surface area (Å²) in [6.45, 7) is 18.9. The number of carbonyl (C=O) groups is 1. The fraction of sp³-hybridized carbons (Fsp3) is 0.552. The predicted octanol–water partition coefficient (Wildman–Crippen LogP) is 7.51. The molecular weight excluding hydrogens is 410 g/mol. The summed E-state index contributed by atoms with van der Waals surface area (Å²) >= 11 is 0. The molecule has 1 atom stereocenters. The number of nitrogens with one attached hydrogen (secondary N) is 1. The van der Waals surface area contributed by atoms with Gasteiger partial charge in [0, 0.05) is 12.1 Å². The average Bonchev–Trinajstić information content (AvgIpc) is 2.67. The highest BCUT2D eigenvalue weighted by molar-refractivity contribution is 5.91. The molecule has 4 heteroatoms. The molecule has 0 saturated heterocycles. The molecule has 0 saturated carbocycles. The third-order valence-corrected chi connectivity index (χ3v) is 5.86. The maximum absolute atomic E-state index is 12.7. The molecule has 0 spiro atoms. The first-order valence-corrected chi connectivity index (χ1v) is 12.2. The summed E-state index contributed by atoms with van der Waals surface area (Å²) in [5, 5.41) is 13.8. The predicted molar refractivity (Wildman–Crippen MR) is 139 cm³/mol. The first kappa shape index (κ1) is 26.8. The zero-order chi connectivity index (χ0) is 24.9. The molecule has 1 amide bonds. The maximum Gasteiger partial charge on any atom is 0.224 e. The molecule has 0 radical (unpaired) electrons. The lowest BCUT2D eigenvalue weighted by molar-refractivity contribution is -0.116. The Balaban J connectivity index is 2.06. The summed E-state index contributed by atoms with van der Waals surface area (Å²) in [6.07, 6.45) is 2.17. The van der Waals surface area contributed by atoms with E-state index in [-0.39, 0.29) is 23.3 Å². The summed E-state index contributed by atoms with van der Waals surface area (Å²) in [5.74, 6) is 2.02. The number of anilines is 1. The number of rotatable bonds is 9. The van der Waals surface area contributed by atoms with E-state index >= 15 is 0 Å². The minimum Gasteiger partial charge on any atom is -0.507 e. The lowest BCUT2D eigenvalue weighted by atomic mass is 9.82. The fourth-order valence-electron chi connectivity index (χ4n) is 4.14. The van der Waals surface area contributed by atoms with Gasteiger partial charge in [0.25, 0.3) is 0 Å². The number of amides is 1. The van der Waals surface area contributed by atoms with Gasteiger partial charge in [-0.3, -0.25) is 4.79 Å². The fourth-order valence-corrected chi connectivity index (χ4v) is 4.14. The molecule has 0 aliphatic rings. The summed E-state index contributed by atoms with van der Waals surface area (Å²) in [6, 6.07) is 9.88. The summed E-state index contributed by atoms with van der Waals surface area (Å²) in [5.41, 5.74) is 4.58. The standard InChI is InChI=1S/C29H43NO3/c1-18(2)14-21(6)33-26-12-11-23(15-20(26)5)30-27(31)13-10-22-16-24(19(3)4)28(32)25(17-22)29(7,8)9/h11-12,15-19,21,32H,10,13-14H2,1-9H3,(H,30,31). The van der Waals surface area contributed by atoms with Gasteiger partial charge in [-0.1, -0.05) is 60.6 Å². The van der Waals surface area contributed by atoms with E-state index < -0.39 is 0 Å². The van der Waals surface area contributed by atoms with Crippen LogP contribution in [0, 0.1) is 12.8 Å². The lowest BCUT2D eigenvalue weighted by Gasteiger charge is -2.24. The second-order valence-corrected chi connectivity index (χ2v) is 11.1. The van der Waals surface area contributed by atoms with Crippen molar-refractivity contribution in [3.8, 4) is 11.5 Å². The Morgan fingerprint density at radius 2 is 1.73 bits per heavy atom. The lowest BCUT2D eigenvalue weighted by Crippen LogP contribution is -2.16. The van der Waals surface area contributed by atoms with E-state index in [2.05, 4.69) is 60.7 Å². The SMILES string of the molecule is Cc1cc(NC(=O)CCc2cc(C(C)C)c(O)c(C(C)(C)C)c2)ccc1OC(C)CC(C)C. The summed E-state index contributed by atoms with van der Waals surface area (Å²) in [4.78, 5) is 12.7. The molecule has 0 bridgehead atoms. The first-order chi connectivity index (χ1) is 15.3. The van der Waals surface area contributed by atoms with Gasteiger partial charge in [-0.2, -0.15) is 0 Å². The number of ether oxygens (including phenoxy) is 1. The van der Waals surface area contributed by atoms with Crippen LogP contribution in [0.15, 0.2) is 30.3 Å². The maximum atomic E-state index is 12.7. The molecule has 0 heterocycles. The van der Waals surface area contributed by atoms with E-state index in [1.165, 1.54) is 0 Å². The monoisotopic (exact) mass is 453 g/mol.